The minimum atomic E-state index is -0.477. The van der Waals surface area contributed by atoms with Gasteiger partial charge in [0.05, 0.1) is 31.5 Å². The first-order valence-electron chi connectivity index (χ1n) is 7.41. The molecule has 4 nitrogen and oxygen atoms in total. The first-order valence-corrected chi connectivity index (χ1v) is 7.79. The maximum absolute atomic E-state index is 10.1. The number of ether oxygens (including phenoxy) is 2. The van der Waals surface area contributed by atoms with E-state index in [4.69, 9.17) is 21.1 Å². The molecule has 0 aliphatic carbocycles. The van der Waals surface area contributed by atoms with Crippen LogP contribution in [0.25, 0.3) is 0 Å². The average molecular weight is 349 g/mol. The third kappa shape index (κ3) is 6.82. The van der Waals surface area contributed by atoms with Crippen LogP contribution in [0.2, 0.25) is 5.02 Å². The fourth-order valence-corrected chi connectivity index (χ4v) is 2.80. The van der Waals surface area contributed by atoms with Crippen LogP contribution >= 0.6 is 11.6 Å². The number of aliphatic hydroxyl groups is 1. The van der Waals surface area contributed by atoms with Crippen LogP contribution in [0, 0.1) is 0 Å². The number of benzene rings is 1. The minimum Gasteiger partial charge on any atom is -1.00 e. The maximum Gasteiger partial charge on any atom is 0.0900 e. The first-order chi connectivity index (χ1) is 10.0. The number of aliphatic hydroxyl groups excluding tert-OH is 1. The maximum atomic E-state index is 10.1. The van der Waals surface area contributed by atoms with Gasteiger partial charge in [0.2, 0.25) is 0 Å². The van der Waals surface area contributed by atoms with Crippen LogP contribution in [0.4, 0.5) is 0 Å². The van der Waals surface area contributed by atoms with Crippen molar-refractivity contribution in [3.63, 3.8) is 0 Å². The summed E-state index contributed by atoms with van der Waals surface area (Å²) in [5.41, 5.74) is 1.06. The molecule has 0 amide bonds. The van der Waals surface area contributed by atoms with Gasteiger partial charge in [-0.2, -0.15) is 0 Å². The van der Waals surface area contributed by atoms with Gasteiger partial charge in [-0.25, -0.2) is 0 Å². The SMILES string of the molecule is CC1CN(CC(O)COCc2ccc(Cl)cc2)CC(C)O1.[Cl-]. The van der Waals surface area contributed by atoms with Gasteiger partial charge in [-0.3, -0.25) is 4.90 Å². The van der Waals surface area contributed by atoms with Crippen molar-refractivity contribution in [3.05, 3.63) is 34.9 Å². The normalized spacial score (nSPS) is 23.8. The molecule has 0 bridgehead atoms. The molecule has 1 heterocycles. The highest BCUT2D eigenvalue weighted by atomic mass is 35.5. The fraction of sp³-hybridized carbons (Fsp3) is 0.625. The Bertz CT molecular complexity index is 420. The Balaban J connectivity index is 0.00000242. The molecule has 1 N–H and O–H groups in total. The quantitative estimate of drug-likeness (QED) is 0.740. The second-order valence-corrected chi connectivity index (χ2v) is 6.21. The molecule has 1 aliphatic heterocycles. The van der Waals surface area contributed by atoms with Crippen LogP contribution in [-0.2, 0) is 16.1 Å². The van der Waals surface area contributed by atoms with Crippen molar-refractivity contribution in [1.29, 1.82) is 0 Å². The van der Waals surface area contributed by atoms with Crippen LogP contribution < -0.4 is 12.4 Å². The van der Waals surface area contributed by atoms with Gasteiger partial charge in [-0.15, -0.1) is 0 Å². The number of halogens is 2. The zero-order valence-electron chi connectivity index (χ0n) is 13.0. The second-order valence-electron chi connectivity index (χ2n) is 5.77. The van der Waals surface area contributed by atoms with E-state index in [1.54, 1.807) is 0 Å². The summed E-state index contributed by atoms with van der Waals surface area (Å²) in [6, 6.07) is 7.54. The van der Waals surface area contributed by atoms with Crippen LogP contribution in [0.3, 0.4) is 0 Å². The average Bonchev–Trinajstić information content (AvgIpc) is 2.39. The van der Waals surface area contributed by atoms with Crippen molar-refractivity contribution in [2.75, 3.05) is 26.2 Å². The summed E-state index contributed by atoms with van der Waals surface area (Å²) in [7, 11) is 0. The predicted octanol–water partition coefficient (Wildman–Crippen LogP) is -0.669. The largest absolute Gasteiger partial charge is 1.00 e. The van der Waals surface area contributed by atoms with E-state index in [1.807, 2.05) is 24.3 Å². The summed E-state index contributed by atoms with van der Waals surface area (Å²) in [4.78, 5) is 2.23. The van der Waals surface area contributed by atoms with Gasteiger partial charge in [0, 0.05) is 24.7 Å². The van der Waals surface area contributed by atoms with Crippen LogP contribution in [0.5, 0.6) is 0 Å². The number of morpholine rings is 1. The van der Waals surface area contributed by atoms with E-state index in [-0.39, 0.29) is 24.6 Å². The third-order valence-corrected chi connectivity index (χ3v) is 3.71. The molecule has 0 spiro atoms. The summed E-state index contributed by atoms with van der Waals surface area (Å²) < 4.78 is 11.2. The van der Waals surface area contributed by atoms with Gasteiger partial charge in [0.25, 0.3) is 0 Å². The lowest BCUT2D eigenvalue weighted by atomic mass is 10.2. The number of nitrogens with zero attached hydrogens (tertiary/aromatic N) is 1. The standard InChI is InChI=1S/C16H24ClNO3.ClH/c1-12-7-18(8-13(2)21-12)9-16(19)11-20-10-14-3-5-15(17)6-4-14;/h3-6,12-13,16,19H,7-11H2,1-2H3;1H/p-1. The summed E-state index contributed by atoms with van der Waals surface area (Å²) >= 11 is 5.83. The van der Waals surface area contributed by atoms with Gasteiger partial charge in [0.15, 0.2) is 0 Å². The highest BCUT2D eigenvalue weighted by molar-refractivity contribution is 6.30. The smallest absolute Gasteiger partial charge is 0.0900 e. The van der Waals surface area contributed by atoms with Gasteiger partial charge >= 0.3 is 0 Å². The molecule has 2 rings (SSSR count). The van der Waals surface area contributed by atoms with Crippen molar-refractivity contribution in [1.82, 2.24) is 4.90 Å². The molecule has 3 unspecified atom stereocenters. The van der Waals surface area contributed by atoms with E-state index >= 15 is 0 Å². The fourth-order valence-electron chi connectivity index (χ4n) is 2.68. The molecule has 0 radical (unpaired) electrons. The molecule has 0 aromatic heterocycles. The van der Waals surface area contributed by atoms with E-state index in [0.717, 1.165) is 18.7 Å². The molecule has 1 fully saturated rings. The third-order valence-electron chi connectivity index (χ3n) is 3.46. The highest BCUT2D eigenvalue weighted by Gasteiger charge is 2.23. The summed E-state index contributed by atoms with van der Waals surface area (Å²) in [6.45, 7) is 7.29. The monoisotopic (exact) mass is 348 g/mol. The Labute approximate surface area is 143 Å². The Morgan fingerprint density at radius 3 is 2.45 bits per heavy atom. The predicted molar refractivity (Wildman–Crippen MR) is 83.6 cm³/mol. The molecule has 6 heteroatoms. The van der Waals surface area contributed by atoms with Crippen molar-refractivity contribution >= 4 is 11.6 Å². The topological polar surface area (TPSA) is 41.9 Å². The Kier molecular flexibility index (Phi) is 8.69. The van der Waals surface area contributed by atoms with Crippen molar-refractivity contribution in [2.45, 2.75) is 38.8 Å². The molecule has 3 atom stereocenters. The van der Waals surface area contributed by atoms with Crippen molar-refractivity contribution in [3.8, 4) is 0 Å². The molecule has 1 aromatic carbocycles. The van der Waals surface area contributed by atoms with Crippen molar-refractivity contribution < 1.29 is 27.0 Å². The molecule has 1 aliphatic rings. The number of hydrogen-bond donors (Lipinski definition) is 1. The first kappa shape index (κ1) is 19.7. The van der Waals surface area contributed by atoms with Crippen LogP contribution in [0.1, 0.15) is 19.4 Å². The lowest BCUT2D eigenvalue weighted by Gasteiger charge is -2.36. The summed E-state index contributed by atoms with van der Waals surface area (Å²) in [5, 5.41) is 10.8. The second kappa shape index (κ2) is 9.71. The van der Waals surface area contributed by atoms with E-state index in [1.165, 1.54) is 0 Å². The van der Waals surface area contributed by atoms with Crippen LogP contribution in [-0.4, -0.2) is 54.6 Å². The molecule has 22 heavy (non-hydrogen) atoms. The highest BCUT2D eigenvalue weighted by Crippen LogP contribution is 2.12. The molecule has 126 valence electrons. The molecular formula is C16H24Cl2NO3-. The van der Waals surface area contributed by atoms with E-state index in [2.05, 4.69) is 18.7 Å². The summed E-state index contributed by atoms with van der Waals surface area (Å²) in [5.74, 6) is 0. The Morgan fingerprint density at radius 1 is 1.27 bits per heavy atom. The van der Waals surface area contributed by atoms with E-state index in [9.17, 15) is 5.11 Å². The van der Waals surface area contributed by atoms with Crippen LogP contribution in [0.15, 0.2) is 24.3 Å². The molecule has 1 saturated heterocycles. The van der Waals surface area contributed by atoms with Crippen molar-refractivity contribution in [2.24, 2.45) is 0 Å². The van der Waals surface area contributed by atoms with Gasteiger partial charge < -0.3 is 27.0 Å². The van der Waals surface area contributed by atoms with E-state index < -0.39 is 6.10 Å². The van der Waals surface area contributed by atoms with Gasteiger partial charge in [-0.1, -0.05) is 23.7 Å². The Morgan fingerprint density at radius 2 is 1.86 bits per heavy atom. The number of rotatable bonds is 6. The zero-order valence-corrected chi connectivity index (χ0v) is 14.6. The Hall–Kier alpha value is -0.360. The van der Waals surface area contributed by atoms with E-state index in [0.29, 0.717) is 24.8 Å². The lowest BCUT2D eigenvalue weighted by Crippen LogP contribution is -3.00. The molecular weight excluding hydrogens is 325 g/mol. The number of hydrogen-bond acceptors (Lipinski definition) is 4. The molecule has 1 aromatic rings. The van der Waals surface area contributed by atoms with Gasteiger partial charge in [0.1, 0.15) is 0 Å². The molecule has 0 saturated carbocycles. The minimum absolute atomic E-state index is 0. The summed E-state index contributed by atoms with van der Waals surface area (Å²) in [6.07, 6.45) is -0.0401. The lowest BCUT2D eigenvalue weighted by molar-refractivity contribution is -0.0826. The van der Waals surface area contributed by atoms with Gasteiger partial charge in [-0.05, 0) is 31.5 Å². The number of β-amino-alcohol motifs (C(OH)–C–C–N with tert-alkyl or cyclic N) is 1. The zero-order chi connectivity index (χ0) is 15.2.